The summed E-state index contributed by atoms with van der Waals surface area (Å²) in [5.74, 6) is -0.0971. The quantitative estimate of drug-likeness (QED) is 0.730. The zero-order chi connectivity index (χ0) is 20.0. The molecule has 0 aromatic heterocycles. The minimum atomic E-state index is -3.49. The van der Waals surface area contributed by atoms with Crippen molar-refractivity contribution in [3.05, 3.63) is 82.8 Å². The first-order valence-electron chi connectivity index (χ1n) is 9.21. The lowest BCUT2D eigenvalue weighted by Gasteiger charge is -2.32. The lowest BCUT2D eigenvalue weighted by atomic mass is 10.1. The number of sulfonamides is 1. The smallest absolute Gasteiger partial charge is 0.246 e. The summed E-state index contributed by atoms with van der Waals surface area (Å²) in [4.78, 5) is 14.1. The fourth-order valence-electron chi connectivity index (χ4n) is 3.02. The highest BCUT2D eigenvalue weighted by atomic mass is 32.2. The lowest BCUT2D eigenvalue weighted by Crippen LogP contribution is -2.49. The van der Waals surface area contributed by atoms with Crippen molar-refractivity contribution >= 4 is 28.1 Å². The molecule has 28 heavy (non-hydrogen) atoms. The lowest BCUT2D eigenvalue weighted by molar-refractivity contribution is -0.127. The number of hydrogen-bond acceptors (Lipinski definition) is 3. The van der Waals surface area contributed by atoms with E-state index in [0.717, 1.165) is 16.7 Å². The summed E-state index contributed by atoms with van der Waals surface area (Å²) in [6.45, 7) is 3.36. The van der Waals surface area contributed by atoms with Crippen LogP contribution in [0, 0.1) is 6.92 Å². The van der Waals surface area contributed by atoms with Gasteiger partial charge < -0.3 is 4.90 Å². The maximum absolute atomic E-state index is 12.5. The molecule has 0 unspecified atom stereocenters. The Bertz CT molecular complexity index is 974. The monoisotopic (exact) mass is 396 g/mol. The molecule has 0 aliphatic carbocycles. The molecule has 1 heterocycles. The molecule has 0 radical (unpaired) electrons. The van der Waals surface area contributed by atoms with Gasteiger partial charge in [-0.25, -0.2) is 8.42 Å². The Balaban J connectivity index is 1.57. The molecular formula is C22H24N2O3S. The van der Waals surface area contributed by atoms with Crippen LogP contribution < -0.4 is 0 Å². The molecule has 1 saturated heterocycles. The highest BCUT2D eigenvalue weighted by molar-refractivity contribution is 7.92. The largest absolute Gasteiger partial charge is 0.337 e. The second kappa shape index (κ2) is 8.99. The summed E-state index contributed by atoms with van der Waals surface area (Å²) in [5, 5.41) is 1.23. The van der Waals surface area contributed by atoms with Gasteiger partial charge in [0.25, 0.3) is 0 Å². The maximum atomic E-state index is 12.5. The standard InChI is InChI=1S/C22H24N2O3S/c1-19-7-5-6-10-21(19)11-12-22(25)23-14-16-24(17-15-23)28(26,27)18-13-20-8-3-2-4-9-20/h2-13,18H,14-17H2,1H3/b12-11+,18-13+. The number of rotatable bonds is 5. The van der Waals surface area contributed by atoms with Gasteiger partial charge in [0.15, 0.2) is 0 Å². The minimum absolute atomic E-state index is 0.0971. The molecule has 1 aliphatic heterocycles. The van der Waals surface area contributed by atoms with Gasteiger partial charge in [-0.1, -0.05) is 54.6 Å². The van der Waals surface area contributed by atoms with E-state index in [1.165, 1.54) is 9.71 Å². The van der Waals surface area contributed by atoms with Crippen molar-refractivity contribution in [2.24, 2.45) is 0 Å². The van der Waals surface area contributed by atoms with Crippen molar-refractivity contribution < 1.29 is 13.2 Å². The third-order valence-corrected chi connectivity index (χ3v) is 6.30. The van der Waals surface area contributed by atoms with E-state index in [0.29, 0.717) is 26.2 Å². The third-order valence-electron chi connectivity index (χ3n) is 4.74. The number of carbonyl (C=O) groups excluding carboxylic acids is 1. The first kappa shape index (κ1) is 20.0. The normalized spacial score (nSPS) is 16.1. The predicted octanol–water partition coefficient (Wildman–Crippen LogP) is 3.15. The number of carbonyl (C=O) groups is 1. The van der Waals surface area contributed by atoms with Crippen LogP contribution in [-0.4, -0.2) is 49.7 Å². The van der Waals surface area contributed by atoms with E-state index in [1.54, 1.807) is 17.1 Å². The number of nitrogens with zero attached hydrogens (tertiary/aromatic N) is 2. The van der Waals surface area contributed by atoms with Crippen molar-refractivity contribution in [2.75, 3.05) is 26.2 Å². The second-order valence-electron chi connectivity index (χ2n) is 6.67. The molecule has 146 valence electrons. The third kappa shape index (κ3) is 5.18. The van der Waals surface area contributed by atoms with Gasteiger partial charge in [-0.15, -0.1) is 0 Å². The van der Waals surface area contributed by atoms with Crippen LogP contribution in [0.2, 0.25) is 0 Å². The van der Waals surface area contributed by atoms with Gasteiger partial charge in [-0.05, 0) is 35.8 Å². The molecule has 2 aromatic rings. The fourth-order valence-corrected chi connectivity index (χ4v) is 4.19. The minimum Gasteiger partial charge on any atom is -0.337 e. The van der Waals surface area contributed by atoms with Gasteiger partial charge in [0.1, 0.15) is 0 Å². The van der Waals surface area contributed by atoms with Crippen molar-refractivity contribution in [2.45, 2.75) is 6.92 Å². The van der Waals surface area contributed by atoms with Crippen LogP contribution in [0.3, 0.4) is 0 Å². The molecule has 5 nitrogen and oxygen atoms in total. The van der Waals surface area contributed by atoms with E-state index in [4.69, 9.17) is 0 Å². The van der Waals surface area contributed by atoms with Gasteiger partial charge in [0.2, 0.25) is 15.9 Å². The molecule has 1 aliphatic rings. The maximum Gasteiger partial charge on any atom is 0.246 e. The Morgan fingerprint density at radius 1 is 0.893 bits per heavy atom. The van der Waals surface area contributed by atoms with E-state index in [2.05, 4.69) is 0 Å². The summed E-state index contributed by atoms with van der Waals surface area (Å²) >= 11 is 0. The summed E-state index contributed by atoms with van der Waals surface area (Å²) in [6, 6.07) is 17.2. The Morgan fingerprint density at radius 3 is 2.21 bits per heavy atom. The van der Waals surface area contributed by atoms with Crippen LogP contribution >= 0.6 is 0 Å². The molecule has 0 bridgehead atoms. The summed E-state index contributed by atoms with van der Waals surface area (Å²) < 4.78 is 26.4. The second-order valence-corrected chi connectivity index (χ2v) is 8.49. The van der Waals surface area contributed by atoms with Crippen molar-refractivity contribution in [1.82, 2.24) is 9.21 Å². The number of benzene rings is 2. The van der Waals surface area contributed by atoms with Crippen molar-refractivity contribution in [3.63, 3.8) is 0 Å². The van der Waals surface area contributed by atoms with E-state index < -0.39 is 10.0 Å². The average Bonchev–Trinajstić information content (AvgIpc) is 2.72. The number of aryl methyl sites for hydroxylation is 1. The summed E-state index contributed by atoms with van der Waals surface area (Å²) in [5.41, 5.74) is 2.94. The van der Waals surface area contributed by atoms with Crippen LogP contribution in [0.15, 0.2) is 66.1 Å². The van der Waals surface area contributed by atoms with E-state index in [9.17, 15) is 13.2 Å². The van der Waals surface area contributed by atoms with Gasteiger partial charge in [0, 0.05) is 37.7 Å². The van der Waals surface area contributed by atoms with Gasteiger partial charge in [0.05, 0.1) is 0 Å². The molecule has 2 aromatic carbocycles. The van der Waals surface area contributed by atoms with Crippen LogP contribution in [0.4, 0.5) is 0 Å². The zero-order valence-corrected chi connectivity index (χ0v) is 16.7. The van der Waals surface area contributed by atoms with Gasteiger partial charge in [-0.3, -0.25) is 4.79 Å². The molecule has 1 fully saturated rings. The van der Waals surface area contributed by atoms with Gasteiger partial charge >= 0.3 is 0 Å². The Hall–Kier alpha value is -2.70. The average molecular weight is 397 g/mol. The Kier molecular flexibility index (Phi) is 6.44. The van der Waals surface area contributed by atoms with Crippen molar-refractivity contribution in [1.29, 1.82) is 0 Å². The first-order valence-corrected chi connectivity index (χ1v) is 10.7. The Morgan fingerprint density at radius 2 is 1.54 bits per heavy atom. The molecule has 0 N–H and O–H groups in total. The zero-order valence-electron chi connectivity index (χ0n) is 15.9. The molecular weight excluding hydrogens is 372 g/mol. The van der Waals surface area contributed by atoms with Crippen molar-refractivity contribution in [3.8, 4) is 0 Å². The number of piperazine rings is 1. The topological polar surface area (TPSA) is 57.7 Å². The SMILES string of the molecule is Cc1ccccc1/C=C/C(=O)N1CCN(S(=O)(=O)/C=C/c2ccccc2)CC1. The van der Waals surface area contributed by atoms with E-state index >= 15 is 0 Å². The van der Waals surface area contributed by atoms with Crippen LogP contribution in [0.25, 0.3) is 12.2 Å². The molecule has 6 heteroatoms. The van der Waals surface area contributed by atoms with Gasteiger partial charge in [-0.2, -0.15) is 4.31 Å². The predicted molar refractivity (Wildman–Crippen MR) is 113 cm³/mol. The number of hydrogen-bond donors (Lipinski definition) is 0. The molecule has 0 spiro atoms. The molecule has 0 saturated carbocycles. The highest BCUT2D eigenvalue weighted by Gasteiger charge is 2.26. The van der Waals surface area contributed by atoms with Crippen LogP contribution in [0.1, 0.15) is 16.7 Å². The first-order chi connectivity index (χ1) is 13.5. The highest BCUT2D eigenvalue weighted by Crippen LogP contribution is 2.13. The van der Waals surface area contributed by atoms with Crippen LogP contribution in [-0.2, 0) is 14.8 Å². The summed E-state index contributed by atoms with van der Waals surface area (Å²) in [6.07, 6.45) is 4.96. The van der Waals surface area contributed by atoms with E-state index in [1.807, 2.05) is 67.6 Å². The summed E-state index contributed by atoms with van der Waals surface area (Å²) in [7, 11) is -3.49. The molecule has 1 amide bonds. The van der Waals surface area contributed by atoms with Crippen LogP contribution in [0.5, 0.6) is 0 Å². The molecule has 0 atom stereocenters. The number of amides is 1. The fraction of sp³-hybridized carbons (Fsp3) is 0.227. The molecule has 3 rings (SSSR count). The van der Waals surface area contributed by atoms with E-state index in [-0.39, 0.29) is 5.91 Å². The Labute approximate surface area is 166 Å².